The Labute approximate surface area is 177 Å². The molecule has 1 aromatic heterocycles. The fraction of sp³-hybridized carbons (Fsp3) is 0.360. The lowest BCUT2D eigenvalue weighted by Gasteiger charge is -2.37. The van der Waals surface area contributed by atoms with E-state index in [-0.39, 0.29) is 5.82 Å². The normalized spacial score (nSPS) is 20.7. The van der Waals surface area contributed by atoms with Crippen LogP contribution in [-0.2, 0) is 0 Å². The van der Waals surface area contributed by atoms with Gasteiger partial charge in [0.2, 0.25) is 5.82 Å². The first-order chi connectivity index (χ1) is 14.6. The summed E-state index contributed by atoms with van der Waals surface area (Å²) in [6.07, 6.45) is 8.72. The molecule has 1 heterocycles. The Morgan fingerprint density at radius 2 is 1.70 bits per heavy atom. The molecule has 1 atom stereocenters. The van der Waals surface area contributed by atoms with Gasteiger partial charge in [-0.15, -0.1) is 0 Å². The van der Waals surface area contributed by atoms with E-state index in [1.165, 1.54) is 5.56 Å². The van der Waals surface area contributed by atoms with Crippen molar-refractivity contribution < 1.29 is 8.91 Å². The van der Waals surface area contributed by atoms with E-state index >= 15 is 0 Å². The minimum atomic E-state index is -0.179. The highest BCUT2D eigenvalue weighted by Gasteiger charge is 2.29. The second kappa shape index (κ2) is 9.35. The zero-order chi connectivity index (χ0) is 20.9. The van der Waals surface area contributed by atoms with Crippen LogP contribution in [0.5, 0.6) is 0 Å². The quantitative estimate of drug-likeness (QED) is 0.504. The summed E-state index contributed by atoms with van der Waals surface area (Å²) in [5.74, 6) is 2.08. The van der Waals surface area contributed by atoms with E-state index in [9.17, 15) is 4.39 Å². The molecule has 1 aliphatic rings. The molecule has 0 bridgehead atoms. The van der Waals surface area contributed by atoms with Crippen molar-refractivity contribution in [3.63, 3.8) is 0 Å². The number of allylic oxidation sites excluding steroid dienone is 1. The smallest absolute Gasteiger partial charge is 0.250 e. The average molecular weight is 406 g/mol. The third-order valence-electron chi connectivity index (χ3n) is 6.02. The Balaban J connectivity index is 1.36. The molecule has 1 aliphatic carbocycles. The number of hydrogen-bond acceptors (Lipinski definition) is 4. The minimum Gasteiger partial charge on any atom is -0.334 e. The molecule has 0 radical (unpaired) electrons. The molecule has 0 amide bonds. The van der Waals surface area contributed by atoms with E-state index in [1.54, 1.807) is 12.1 Å². The standard InChI is InChI=1S/C25H28FN3O/c1-29(2)24(20-13-15-22(26)16-14-20)19-11-8-18(9-12-19)10-17-23-27-25(28-30-23)21-6-4-3-5-7-21/h3-7,10,13-19,24H,8-9,11-12H2,1-2H3/b17-10+. The molecule has 4 rings (SSSR count). The first-order valence-electron chi connectivity index (χ1n) is 10.6. The Bertz CT molecular complexity index is 958. The van der Waals surface area contributed by atoms with Crippen molar-refractivity contribution in [1.82, 2.24) is 15.0 Å². The van der Waals surface area contributed by atoms with Gasteiger partial charge in [-0.25, -0.2) is 4.39 Å². The fourth-order valence-electron chi connectivity index (χ4n) is 4.53. The number of aromatic nitrogens is 2. The van der Waals surface area contributed by atoms with Gasteiger partial charge in [0.1, 0.15) is 5.82 Å². The highest BCUT2D eigenvalue weighted by atomic mass is 19.1. The zero-order valence-corrected chi connectivity index (χ0v) is 17.5. The van der Waals surface area contributed by atoms with Crippen LogP contribution in [0.1, 0.15) is 43.2 Å². The molecule has 156 valence electrons. The highest BCUT2D eigenvalue weighted by Crippen LogP contribution is 2.39. The predicted octanol–water partition coefficient (Wildman–Crippen LogP) is 6.00. The third kappa shape index (κ3) is 4.85. The topological polar surface area (TPSA) is 42.2 Å². The third-order valence-corrected chi connectivity index (χ3v) is 6.02. The van der Waals surface area contributed by atoms with E-state index in [0.717, 1.165) is 31.2 Å². The van der Waals surface area contributed by atoms with Crippen molar-refractivity contribution in [1.29, 1.82) is 0 Å². The van der Waals surface area contributed by atoms with Gasteiger partial charge in [-0.05, 0) is 75.4 Å². The van der Waals surface area contributed by atoms with E-state index in [0.29, 0.717) is 29.6 Å². The van der Waals surface area contributed by atoms with E-state index < -0.39 is 0 Å². The van der Waals surface area contributed by atoms with Crippen LogP contribution >= 0.6 is 0 Å². The molecular formula is C25H28FN3O. The van der Waals surface area contributed by atoms with Gasteiger partial charge in [-0.1, -0.05) is 53.7 Å². The van der Waals surface area contributed by atoms with Crippen molar-refractivity contribution in [3.05, 3.63) is 77.9 Å². The summed E-state index contributed by atoms with van der Waals surface area (Å²) in [7, 11) is 4.22. The van der Waals surface area contributed by atoms with Crippen molar-refractivity contribution in [2.75, 3.05) is 14.1 Å². The molecule has 1 unspecified atom stereocenters. The number of rotatable bonds is 6. The van der Waals surface area contributed by atoms with Crippen molar-refractivity contribution in [3.8, 4) is 11.4 Å². The molecule has 0 N–H and O–H groups in total. The second-order valence-electron chi connectivity index (χ2n) is 8.32. The van der Waals surface area contributed by atoms with Gasteiger partial charge >= 0.3 is 0 Å². The van der Waals surface area contributed by atoms with Crippen molar-refractivity contribution >= 4 is 6.08 Å². The molecule has 0 aliphatic heterocycles. The Morgan fingerprint density at radius 3 is 2.37 bits per heavy atom. The molecule has 4 nitrogen and oxygen atoms in total. The summed E-state index contributed by atoms with van der Waals surface area (Å²) in [5.41, 5.74) is 2.15. The summed E-state index contributed by atoms with van der Waals surface area (Å²) < 4.78 is 18.7. The van der Waals surface area contributed by atoms with Crippen LogP contribution in [0.15, 0.2) is 65.2 Å². The van der Waals surface area contributed by atoms with E-state index in [1.807, 2.05) is 48.5 Å². The molecule has 0 spiro atoms. The van der Waals surface area contributed by atoms with E-state index in [2.05, 4.69) is 35.2 Å². The summed E-state index contributed by atoms with van der Waals surface area (Å²) in [6.45, 7) is 0. The predicted molar refractivity (Wildman–Crippen MR) is 117 cm³/mol. The highest BCUT2D eigenvalue weighted by molar-refractivity contribution is 5.55. The maximum absolute atomic E-state index is 13.3. The Kier molecular flexibility index (Phi) is 6.38. The minimum absolute atomic E-state index is 0.179. The lowest BCUT2D eigenvalue weighted by molar-refractivity contribution is 0.159. The second-order valence-corrected chi connectivity index (χ2v) is 8.32. The zero-order valence-electron chi connectivity index (χ0n) is 17.5. The fourth-order valence-corrected chi connectivity index (χ4v) is 4.53. The first-order valence-corrected chi connectivity index (χ1v) is 10.6. The van der Waals surface area contributed by atoms with Crippen LogP contribution in [0.25, 0.3) is 17.5 Å². The number of halogens is 1. The van der Waals surface area contributed by atoms with Crippen LogP contribution in [-0.4, -0.2) is 29.1 Å². The number of hydrogen-bond donors (Lipinski definition) is 0. The molecule has 1 fully saturated rings. The SMILES string of the molecule is CN(C)C(c1ccc(F)cc1)C1CCC(/C=C/c2nc(-c3ccccc3)no2)CC1. The molecule has 2 aromatic carbocycles. The number of nitrogens with zero attached hydrogens (tertiary/aromatic N) is 3. The van der Waals surface area contributed by atoms with Crippen LogP contribution in [0.2, 0.25) is 0 Å². The van der Waals surface area contributed by atoms with Crippen LogP contribution in [0.4, 0.5) is 4.39 Å². The maximum atomic E-state index is 13.3. The van der Waals surface area contributed by atoms with Crippen molar-refractivity contribution in [2.24, 2.45) is 11.8 Å². The monoisotopic (exact) mass is 405 g/mol. The van der Waals surface area contributed by atoms with Gasteiger partial charge in [0.15, 0.2) is 0 Å². The van der Waals surface area contributed by atoms with Crippen molar-refractivity contribution in [2.45, 2.75) is 31.7 Å². The van der Waals surface area contributed by atoms with Crippen LogP contribution < -0.4 is 0 Å². The first kappa shape index (κ1) is 20.5. The van der Waals surface area contributed by atoms with Gasteiger partial charge in [0.05, 0.1) is 0 Å². The van der Waals surface area contributed by atoms with Gasteiger partial charge in [-0.2, -0.15) is 4.98 Å². The molecule has 3 aromatic rings. The Morgan fingerprint density at radius 1 is 1.00 bits per heavy atom. The van der Waals surface area contributed by atoms with Gasteiger partial charge < -0.3 is 9.42 Å². The summed E-state index contributed by atoms with van der Waals surface area (Å²) in [4.78, 5) is 6.74. The lowest BCUT2D eigenvalue weighted by Crippen LogP contribution is -2.30. The average Bonchev–Trinajstić information content (AvgIpc) is 3.24. The van der Waals surface area contributed by atoms with Gasteiger partial charge in [0.25, 0.3) is 5.89 Å². The molecular weight excluding hydrogens is 377 g/mol. The Hall–Kier alpha value is -2.79. The molecule has 30 heavy (non-hydrogen) atoms. The maximum Gasteiger partial charge on any atom is 0.250 e. The van der Waals surface area contributed by atoms with Gasteiger partial charge in [0, 0.05) is 11.6 Å². The number of benzene rings is 2. The van der Waals surface area contributed by atoms with Crippen LogP contribution in [0, 0.1) is 17.7 Å². The molecule has 0 saturated heterocycles. The lowest BCUT2D eigenvalue weighted by atomic mass is 9.76. The van der Waals surface area contributed by atoms with Gasteiger partial charge in [-0.3, -0.25) is 0 Å². The molecule has 5 heteroatoms. The summed E-state index contributed by atoms with van der Waals surface area (Å²) in [5, 5.41) is 4.08. The van der Waals surface area contributed by atoms with Crippen LogP contribution in [0.3, 0.4) is 0 Å². The summed E-state index contributed by atoms with van der Waals surface area (Å²) >= 11 is 0. The van der Waals surface area contributed by atoms with E-state index in [4.69, 9.17) is 4.52 Å². The summed E-state index contributed by atoms with van der Waals surface area (Å²) in [6, 6.07) is 17.1. The molecule has 1 saturated carbocycles. The largest absolute Gasteiger partial charge is 0.334 e.